The summed E-state index contributed by atoms with van der Waals surface area (Å²) in [4.78, 5) is 0. The predicted octanol–water partition coefficient (Wildman–Crippen LogP) is 3.63. The molecule has 0 radical (unpaired) electrons. The largest absolute Gasteiger partial charge is 0.378 e. The van der Waals surface area contributed by atoms with Crippen molar-refractivity contribution in [3.8, 4) is 0 Å². The molecule has 0 amide bonds. The van der Waals surface area contributed by atoms with Crippen molar-refractivity contribution in [3.63, 3.8) is 0 Å². The summed E-state index contributed by atoms with van der Waals surface area (Å²) in [5.74, 6) is -22.2. The molecule has 0 N–H and O–H groups in total. The first kappa shape index (κ1) is 17.7. The van der Waals surface area contributed by atoms with Crippen LogP contribution in [-0.2, 0) is 0 Å². The number of hydrogen-bond acceptors (Lipinski definition) is 0. The van der Waals surface area contributed by atoms with E-state index in [0.717, 1.165) is 0 Å². The summed E-state index contributed by atoms with van der Waals surface area (Å²) < 4.78 is 98.1. The molecule has 16 heavy (non-hydrogen) atoms. The van der Waals surface area contributed by atoms with E-state index in [1.54, 1.807) is 0 Å². The zero-order valence-electron chi connectivity index (χ0n) is 7.25. The summed E-state index contributed by atoms with van der Waals surface area (Å²) in [6, 6.07) is 0. The van der Waals surface area contributed by atoms with E-state index in [4.69, 9.17) is 0 Å². The second kappa shape index (κ2) is 3.95. The molecule has 0 aromatic rings. The third-order valence-electron chi connectivity index (χ3n) is 2.07. The van der Waals surface area contributed by atoms with Crippen LogP contribution in [0.5, 0.6) is 0 Å². The Morgan fingerprint density at radius 1 is 0.500 bits per heavy atom. The molecule has 0 bridgehead atoms. The van der Waals surface area contributed by atoms with Gasteiger partial charge in [0.1, 0.15) is 0 Å². The smallest absolute Gasteiger partial charge is 0.269 e. The van der Waals surface area contributed by atoms with Crippen LogP contribution >= 0.6 is 0 Å². The molecular weight excluding hydrogens is 262 g/mol. The highest BCUT2D eigenvalue weighted by Gasteiger charge is 2.83. The molecule has 10 heteroatoms. The minimum absolute atomic E-state index is 0. The van der Waals surface area contributed by atoms with Crippen LogP contribution in [0, 0.1) is 0 Å². The maximum Gasteiger partial charge on any atom is 0.378 e. The van der Waals surface area contributed by atoms with Gasteiger partial charge in [-0.3, -0.25) is 9.41 Å². The Kier molecular flexibility index (Phi) is 4.37. The van der Waals surface area contributed by atoms with Gasteiger partial charge in [-0.2, -0.15) is 35.1 Å². The van der Waals surface area contributed by atoms with Crippen LogP contribution in [0.15, 0.2) is 0 Å². The predicted molar refractivity (Wildman–Crippen MR) is 34.0 cm³/mol. The maximum atomic E-state index is 12.3. The van der Waals surface area contributed by atoms with Gasteiger partial charge in [-0.15, -0.1) is 0 Å². The van der Waals surface area contributed by atoms with Gasteiger partial charge in [0, 0.05) is 12.8 Å². The molecule has 1 rings (SSSR count). The number of halogens is 10. The quantitative estimate of drug-likeness (QED) is 0.588. The molecule has 0 saturated heterocycles. The van der Waals surface area contributed by atoms with Crippen molar-refractivity contribution in [2.75, 3.05) is 0 Å². The van der Waals surface area contributed by atoms with Gasteiger partial charge in [-0.25, -0.2) is 0 Å². The molecule has 1 aliphatic carbocycles. The van der Waals surface area contributed by atoms with Crippen molar-refractivity contribution >= 4 is 0 Å². The van der Waals surface area contributed by atoms with Gasteiger partial charge in [0.25, 0.3) is 0 Å². The molecule has 0 nitrogen and oxygen atoms in total. The summed E-state index contributed by atoms with van der Waals surface area (Å²) in [6.07, 6.45) is -3.91. The Morgan fingerprint density at radius 3 is 0.875 bits per heavy atom. The van der Waals surface area contributed by atoms with Crippen molar-refractivity contribution in [1.29, 1.82) is 0 Å². The van der Waals surface area contributed by atoms with Gasteiger partial charge < -0.3 is 0 Å². The molecule has 0 aliphatic heterocycles. The minimum Gasteiger partial charge on any atom is -0.269 e. The third-order valence-corrected chi connectivity index (χ3v) is 2.07. The Labute approximate surface area is 82.3 Å². The summed E-state index contributed by atoms with van der Waals surface area (Å²) in [5, 5.41) is 0. The highest BCUT2D eigenvalue weighted by Crippen LogP contribution is 2.59. The lowest BCUT2D eigenvalue weighted by atomic mass is 9.86. The first-order chi connectivity index (χ1) is 5.96. The topological polar surface area (TPSA) is 0 Å². The second-order valence-corrected chi connectivity index (χ2v) is 3.06. The van der Waals surface area contributed by atoms with Crippen LogP contribution in [0.2, 0.25) is 0 Å². The lowest BCUT2D eigenvalue weighted by molar-refractivity contribution is -0.391. The molecule has 0 unspecified atom stereocenters. The Morgan fingerprint density at radius 2 is 0.688 bits per heavy atom. The fourth-order valence-corrected chi connectivity index (χ4v) is 1.09. The fourth-order valence-electron chi connectivity index (χ4n) is 1.09. The Balaban J connectivity index is 0. The van der Waals surface area contributed by atoms with Crippen molar-refractivity contribution in [2.45, 2.75) is 36.5 Å². The van der Waals surface area contributed by atoms with E-state index in [0.29, 0.717) is 0 Å². The zero-order chi connectivity index (χ0) is 11.4. The van der Waals surface area contributed by atoms with Crippen molar-refractivity contribution in [2.24, 2.45) is 0 Å². The lowest BCUT2D eigenvalue weighted by Gasteiger charge is -2.41. The van der Waals surface area contributed by atoms with E-state index in [9.17, 15) is 35.1 Å². The van der Waals surface area contributed by atoms with E-state index in [-0.39, 0.29) is 9.41 Å². The average Bonchev–Trinajstić information content (AvgIpc) is 1.98. The molecular formula is C6H6F10. The molecule has 1 saturated carbocycles. The van der Waals surface area contributed by atoms with Crippen LogP contribution in [0.25, 0.3) is 0 Å². The zero-order valence-corrected chi connectivity index (χ0v) is 7.25. The minimum atomic E-state index is -6.01. The summed E-state index contributed by atoms with van der Waals surface area (Å²) in [6.45, 7) is 0. The molecule has 1 aliphatic rings. The maximum absolute atomic E-state index is 12.3. The monoisotopic (exact) mass is 268 g/mol. The van der Waals surface area contributed by atoms with Crippen molar-refractivity contribution in [3.05, 3.63) is 0 Å². The van der Waals surface area contributed by atoms with Gasteiger partial charge in [-0.05, 0) is 0 Å². The number of hydrogen-bond donors (Lipinski definition) is 0. The van der Waals surface area contributed by atoms with Gasteiger partial charge in [0.2, 0.25) is 0 Å². The number of rotatable bonds is 0. The normalized spacial score (nSPS) is 28.5. The van der Waals surface area contributed by atoms with Gasteiger partial charge >= 0.3 is 23.7 Å². The molecule has 0 aromatic carbocycles. The van der Waals surface area contributed by atoms with E-state index in [2.05, 4.69) is 0 Å². The Bertz CT molecular complexity index is 218. The van der Waals surface area contributed by atoms with Crippen molar-refractivity contribution < 1.29 is 44.5 Å². The first-order valence-electron chi connectivity index (χ1n) is 3.47. The van der Waals surface area contributed by atoms with E-state index in [1.807, 2.05) is 0 Å². The second-order valence-electron chi connectivity index (χ2n) is 3.06. The van der Waals surface area contributed by atoms with E-state index < -0.39 is 36.5 Å². The SMILES string of the molecule is F.F.FC1(F)CCC(F)(F)C(F)(F)C1(F)F. The first-order valence-corrected chi connectivity index (χ1v) is 3.47. The molecule has 100 valence electrons. The lowest BCUT2D eigenvalue weighted by Crippen LogP contribution is -2.66. The summed E-state index contributed by atoms with van der Waals surface area (Å²) >= 11 is 0. The number of alkyl halides is 8. The molecule has 0 heterocycles. The van der Waals surface area contributed by atoms with E-state index in [1.165, 1.54) is 0 Å². The average molecular weight is 268 g/mol. The highest BCUT2D eigenvalue weighted by molar-refractivity contribution is 5.08. The van der Waals surface area contributed by atoms with Crippen LogP contribution in [0.1, 0.15) is 12.8 Å². The highest BCUT2D eigenvalue weighted by atomic mass is 19.4. The van der Waals surface area contributed by atoms with Gasteiger partial charge in [0.15, 0.2) is 0 Å². The standard InChI is InChI=1S/C6H4F8.2FH/c7-3(8)1-2-4(9,10)6(13,14)5(3,11)12;;/h1-2H2;2*1H. The molecule has 0 aromatic heterocycles. The van der Waals surface area contributed by atoms with Crippen LogP contribution in [0.3, 0.4) is 0 Å². The van der Waals surface area contributed by atoms with Crippen molar-refractivity contribution in [1.82, 2.24) is 0 Å². The third kappa shape index (κ3) is 1.81. The Hall–Kier alpha value is -0.700. The van der Waals surface area contributed by atoms with Crippen LogP contribution in [-0.4, -0.2) is 23.7 Å². The molecule has 1 fully saturated rings. The summed E-state index contributed by atoms with van der Waals surface area (Å²) in [7, 11) is 0. The van der Waals surface area contributed by atoms with E-state index >= 15 is 0 Å². The van der Waals surface area contributed by atoms with Gasteiger partial charge in [-0.1, -0.05) is 0 Å². The molecule has 0 spiro atoms. The summed E-state index contributed by atoms with van der Waals surface area (Å²) in [5.41, 5.74) is 0. The molecule has 0 atom stereocenters. The van der Waals surface area contributed by atoms with Crippen LogP contribution < -0.4 is 0 Å². The van der Waals surface area contributed by atoms with Crippen LogP contribution in [0.4, 0.5) is 44.5 Å². The fraction of sp³-hybridized carbons (Fsp3) is 1.00. The van der Waals surface area contributed by atoms with Gasteiger partial charge in [0.05, 0.1) is 0 Å².